The Morgan fingerprint density at radius 3 is 2.13 bits per heavy atom. The average molecular weight is 394 g/mol. The summed E-state index contributed by atoms with van der Waals surface area (Å²) in [5.74, 6) is -0.420. The molecule has 0 fully saturated rings. The molecule has 0 spiro atoms. The first-order valence-electron chi connectivity index (χ1n) is 9.79. The molecule has 148 valence electrons. The number of pyridine rings is 1. The van der Waals surface area contributed by atoms with Crippen LogP contribution in [0.2, 0.25) is 0 Å². The number of anilines is 1. The number of aromatic amines is 1. The van der Waals surface area contributed by atoms with Gasteiger partial charge in [-0.1, -0.05) is 66.7 Å². The van der Waals surface area contributed by atoms with Crippen LogP contribution in [0.25, 0.3) is 22.4 Å². The van der Waals surface area contributed by atoms with Gasteiger partial charge in [-0.3, -0.25) is 9.59 Å². The number of carbonyl (C=O) groups is 1. The lowest BCUT2D eigenvalue weighted by Crippen LogP contribution is -2.23. The number of hydrogen-bond donors (Lipinski definition) is 2. The highest BCUT2D eigenvalue weighted by atomic mass is 16.2. The van der Waals surface area contributed by atoms with Crippen molar-refractivity contribution in [3.63, 3.8) is 0 Å². The Bertz CT molecular complexity index is 1260. The van der Waals surface area contributed by atoms with Gasteiger partial charge in [0.25, 0.3) is 11.5 Å². The molecule has 0 saturated carbocycles. The highest BCUT2D eigenvalue weighted by Gasteiger charge is 2.13. The number of amides is 1. The second-order valence-corrected chi connectivity index (χ2v) is 7.33. The Balaban J connectivity index is 1.56. The van der Waals surface area contributed by atoms with E-state index in [1.165, 1.54) is 0 Å². The van der Waals surface area contributed by atoms with Crippen molar-refractivity contribution in [1.29, 1.82) is 0 Å². The summed E-state index contributed by atoms with van der Waals surface area (Å²) in [7, 11) is 0. The van der Waals surface area contributed by atoms with E-state index < -0.39 is 11.5 Å². The molecule has 0 aliphatic heterocycles. The minimum Gasteiger partial charge on any atom is -0.322 e. The second kappa shape index (κ2) is 8.21. The fourth-order valence-electron chi connectivity index (χ4n) is 3.35. The molecule has 2 N–H and O–H groups in total. The van der Waals surface area contributed by atoms with Gasteiger partial charge in [0.1, 0.15) is 5.56 Å². The lowest BCUT2D eigenvalue weighted by Gasteiger charge is -2.10. The topological polar surface area (TPSA) is 62.0 Å². The Kier molecular flexibility index (Phi) is 5.31. The van der Waals surface area contributed by atoms with Gasteiger partial charge in [-0.15, -0.1) is 0 Å². The van der Waals surface area contributed by atoms with Gasteiger partial charge in [0.15, 0.2) is 0 Å². The van der Waals surface area contributed by atoms with Crippen LogP contribution in [0.5, 0.6) is 0 Å². The third kappa shape index (κ3) is 4.08. The lowest BCUT2D eigenvalue weighted by atomic mass is 10.0. The third-order valence-electron chi connectivity index (χ3n) is 5.10. The number of aromatic nitrogens is 1. The van der Waals surface area contributed by atoms with E-state index in [1.54, 1.807) is 12.1 Å². The SMILES string of the molecule is Cc1ccc(C)c(NC(=O)c2ccc(-c3ccc(-c4ccccc4)cc3)[nH]c2=O)c1. The quantitative estimate of drug-likeness (QED) is 0.475. The van der Waals surface area contributed by atoms with Crippen LogP contribution in [0.15, 0.2) is 89.7 Å². The number of benzene rings is 3. The summed E-state index contributed by atoms with van der Waals surface area (Å²) < 4.78 is 0. The lowest BCUT2D eigenvalue weighted by molar-refractivity contribution is 0.102. The second-order valence-electron chi connectivity index (χ2n) is 7.33. The van der Waals surface area contributed by atoms with Crippen molar-refractivity contribution in [3.05, 3.63) is 112 Å². The average Bonchev–Trinajstić information content (AvgIpc) is 2.77. The number of carbonyl (C=O) groups excluding carboxylic acids is 1. The van der Waals surface area contributed by atoms with Crippen LogP contribution in [0.3, 0.4) is 0 Å². The molecule has 3 aromatic carbocycles. The fourth-order valence-corrected chi connectivity index (χ4v) is 3.35. The predicted octanol–water partition coefficient (Wildman–Crippen LogP) is 5.58. The Morgan fingerprint density at radius 2 is 1.43 bits per heavy atom. The molecular formula is C26H22N2O2. The molecule has 4 nitrogen and oxygen atoms in total. The van der Waals surface area contributed by atoms with E-state index in [2.05, 4.69) is 22.4 Å². The third-order valence-corrected chi connectivity index (χ3v) is 5.10. The molecule has 0 saturated heterocycles. The number of rotatable bonds is 4. The molecule has 4 heteroatoms. The van der Waals surface area contributed by atoms with Crippen molar-refractivity contribution in [1.82, 2.24) is 4.98 Å². The molecule has 0 radical (unpaired) electrons. The van der Waals surface area contributed by atoms with Crippen molar-refractivity contribution in [3.8, 4) is 22.4 Å². The van der Waals surface area contributed by atoms with Gasteiger partial charge in [-0.2, -0.15) is 0 Å². The molecule has 0 unspecified atom stereocenters. The molecule has 0 atom stereocenters. The smallest absolute Gasteiger partial charge is 0.261 e. The Labute approximate surface area is 175 Å². The predicted molar refractivity (Wildman–Crippen MR) is 122 cm³/mol. The molecule has 1 heterocycles. The van der Waals surface area contributed by atoms with Gasteiger partial charge in [0, 0.05) is 11.4 Å². The van der Waals surface area contributed by atoms with E-state index in [0.29, 0.717) is 11.4 Å². The minimum absolute atomic E-state index is 0.0839. The van der Waals surface area contributed by atoms with E-state index in [4.69, 9.17) is 0 Å². The normalized spacial score (nSPS) is 10.6. The first-order chi connectivity index (χ1) is 14.5. The zero-order valence-corrected chi connectivity index (χ0v) is 16.9. The molecule has 0 aliphatic rings. The molecule has 1 amide bonds. The summed E-state index contributed by atoms with van der Waals surface area (Å²) in [5.41, 5.74) is 6.15. The van der Waals surface area contributed by atoms with Crippen molar-refractivity contribution in [2.24, 2.45) is 0 Å². The van der Waals surface area contributed by atoms with E-state index in [1.807, 2.05) is 74.5 Å². The molecule has 4 aromatic rings. The molecule has 0 bridgehead atoms. The molecule has 1 aromatic heterocycles. The fraction of sp³-hybridized carbons (Fsp3) is 0.0769. The van der Waals surface area contributed by atoms with Crippen LogP contribution in [0.1, 0.15) is 21.5 Å². The maximum absolute atomic E-state index is 12.6. The zero-order valence-electron chi connectivity index (χ0n) is 16.9. The summed E-state index contributed by atoms with van der Waals surface area (Å²) in [4.78, 5) is 28.0. The Hall–Kier alpha value is -3.92. The van der Waals surface area contributed by atoms with Crippen molar-refractivity contribution in [2.45, 2.75) is 13.8 Å². The van der Waals surface area contributed by atoms with Crippen LogP contribution in [-0.2, 0) is 0 Å². The molecule has 30 heavy (non-hydrogen) atoms. The van der Waals surface area contributed by atoms with E-state index in [-0.39, 0.29) is 5.56 Å². The van der Waals surface area contributed by atoms with Crippen LogP contribution < -0.4 is 10.9 Å². The summed E-state index contributed by atoms with van der Waals surface area (Å²) in [6.45, 7) is 3.88. The van der Waals surface area contributed by atoms with Crippen molar-refractivity contribution < 1.29 is 4.79 Å². The maximum Gasteiger partial charge on any atom is 0.261 e. The monoisotopic (exact) mass is 394 g/mol. The van der Waals surface area contributed by atoms with Crippen molar-refractivity contribution >= 4 is 11.6 Å². The van der Waals surface area contributed by atoms with Gasteiger partial charge < -0.3 is 10.3 Å². The van der Waals surface area contributed by atoms with Crippen LogP contribution >= 0.6 is 0 Å². The first kappa shape index (κ1) is 19.4. The minimum atomic E-state index is -0.420. The van der Waals surface area contributed by atoms with Gasteiger partial charge in [0.2, 0.25) is 0 Å². The molecule has 4 rings (SSSR count). The van der Waals surface area contributed by atoms with E-state index in [9.17, 15) is 9.59 Å². The van der Waals surface area contributed by atoms with Crippen molar-refractivity contribution in [2.75, 3.05) is 5.32 Å². The standard InChI is InChI=1S/C26H22N2O2/c1-17-8-9-18(2)24(16-17)28-26(30)22-14-15-23(27-25(22)29)21-12-10-20(11-13-21)19-6-4-3-5-7-19/h3-16H,1-2H3,(H,27,29)(H,28,30). The summed E-state index contributed by atoms with van der Waals surface area (Å²) in [6.07, 6.45) is 0. The van der Waals surface area contributed by atoms with Gasteiger partial charge in [-0.25, -0.2) is 0 Å². The van der Waals surface area contributed by atoms with Crippen LogP contribution in [0, 0.1) is 13.8 Å². The number of H-pyrrole nitrogens is 1. The Morgan fingerprint density at radius 1 is 0.767 bits per heavy atom. The number of aryl methyl sites for hydroxylation is 2. The van der Waals surface area contributed by atoms with Crippen LogP contribution in [0.4, 0.5) is 5.69 Å². The summed E-state index contributed by atoms with van der Waals surface area (Å²) >= 11 is 0. The first-order valence-corrected chi connectivity index (χ1v) is 9.79. The molecular weight excluding hydrogens is 372 g/mol. The van der Waals surface area contributed by atoms with Gasteiger partial charge >= 0.3 is 0 Å². The van der Waals surface area contributed by atoms with E-state index in [0.717, 1.165) is 27.8 Å². The van der Waals surface area contributed by atoms with Gasteiger partial charge in [-0.05, 0) is 59.9 Å². The number of hydrogen-bond acceptors (Lipinski definition) is 2. The van der Waals surface area contributed by atoms with Crippen LogP contribution in [-0.4, -0.2) is 10.9 Å². The summed E-state index contributed by atoms with van der Waals surface area (Å²) in [6, 6.07) is 27.2. The van der Waals surface area contributed by atoms with Gasteiger partial charge in [0.05, 0.1) is 0 Å². The zero-order chi connectivity index (χ0) is 21.1. The van der Waals surface area contributed by atoms with E-state index >= 15 is 0 Å². The molecule has 0 aliphatic carbocycles. The maximum atomic E-state index is 12.6. The number of nitrogens with one attached hydrogen (secondary N) is 2. The highest BCUT2D eigenvalue weighted by Crippen LogP contribution is 2.23. The highest BCUT2D eigenvalue weighted by molar-refractivity contribution is 6.04. The summed E-state index contributed by atoms with van der Waals surface area (Å²) in [5, 5.41) is 2.83. The largest absolute Gasteiger partial charge is 0.322 e.